The average Bonchev–Trinajstić information content (AvgIpc) is 2.81. The van der Waals surface area contributed by atoms with Crippen molar-refractivity contribution >= 4 is 11.5 Å². The van der Waals surface area contributed by atoms with Gasteiger partial charge in [-0.25, -0.2) is 0 Å². The van der Waals surface area contributed by atoms with Crippen LogP contribution in [0.25, 0.3) is 0 Å². The third-order valence-electron chi connectivity index (χ3n) is 4.48. The number of benzene rings is 1. The number of Topliss-reactive ketones (excluding diaryl/α,β-unsaturated/α-hetero) is 1. The molecule has 20 heavy (non-hydrogen) atoms. The fourth-order valence-electron chi connectivity index (χ4n) is 3.43. The Kier molecular flexibility index (Phi) is 3.15. The van der Waals surface area contributed by atoms with Crippen molar-refractivity contribution in [2.45, 2.75) is 46.1 Å². The first-order chi connectivity index (χ1) is 9.50. The molecule has 1 aromatic carbocycles. The predicted molar refractivity (Wildman–Crippen MR) is 80.8 cm³/mol. The van der Waals surface area contributed by atoms with Gasteiger partial charge in [-0.3, -0.25) is 4.79 Å². The van der Waals surface area contributed by atoms with Gasteiger partial charge in [0.1, 0.15) is 5.78 Å². The van der Waals surface area contributed by atoms with E-state index in [-0.39, 0.29) is 17.4 Å². The van der Waals surface area contributed by atoms with Crippen molar-refractivity contribution in [2.75, 3.05) is 0 Å². The summed E-state index contributed by atoms with van der Waals surface area (Å²) in [6.07, 6.45) is 2.69. The van der Waals surface area contributed by atoms with Crippen LogP contribution >= 0.6 is 0 Å². The van der Waals surface area contributed by atoms with E-state index in [0.29, 0.717) is 12.2 Å². The molecule has 0 radical (unpaired) electrons. The first-order valence-electron chi connectivity index (χ1n) is 7.45. The zero-order valence-corrected chi connectivity index (χ0v) is 12.4. The summed E-state index contributed by atoms with van der Waals surface area (Å²) in [6, 6.07) is 8.61. The van der Waals surface area contributed by atoms with E-state index in [1.807, 2.05) is 0 Å². The van der Waals surface area contributed by atoms with Gasteiger partial charge in [-0.15, -0.1) is 0 Å². The van der Waals surface area contributed by atoms with Crippen LogP contribution in [-0.4, -0.2) is 17.5 Å². The molecule has 3 heteroatoms. The number of hydrogen-bond acceptors (Lipinski definition) is 3. The standard InChI is InChI=1S/C17H22N2O/c1-4-11-5-7-12(8-6-11)16-15-13(18-19-16)9-17(2,3)10-14(15)20/h5-8,13,15,18H,4,9-10H2,1-3H3/t13-,15-/m1/s1. The molecular weight excluding hydrogens is 248 g/mol. The Bertz CT molecular complexity index is 557. The zero-order chi connectivity index (χ0) is 14.3. The normalized spacial score (nSPS) is 27.8. The number of fused-ring (bicyclic) bond motifs is 1. The summed E-state index contributed by atoms with van der Waals surface area (Å²) in [4.78, 5) is 12.5. The van der Waals surface area contributed by atoms with E-state index >= 15 is 0 Å². The van der Waals surface area contributed by atoms with Crippen LogP contribution in [0.15, 0.2) is 29.4 Å². The van der Waals surface area contributed by atoms with Gasteiger partial charge in [-0.05, 0) is 29.4 Å². The molecule has 2 atom stereocenters. The second-order valence-electron chi connectivity index (χ2n) is 6.77. The second-order valence-corrected chi connectivity index (χ2v) is 6.77. The van der Waals surface area contributed by atoms with Gasteiger partial charge in [0.2, 0.25) is 0 Å². The Morgan fingerprint density at radius 2 is 2.00 bits per heavy atom. The largest absolute Gasteiger partial charge is 0.306 e. The SMILES string of the molecule is CCc1ccc(C2=NN[C@@H]3CC(C)(C)CC(=O)[C@H]23)cc1. The van der Waals surface area contributed by atoms with E-state index in [2.05, 4.69) is 55.6 Å². The molecule has 1 heterocycles. The summed E-state index contributed by atoms with van der Waals surface area (Å²) >= 11 is 0. The van der Waals surface area contributed by atoms with E-state index in [9.17, 15) is 4.79 Å². The molecule has 1 aliphatic carbocycles. The van der Waals surface area contributed by atoms with Crippen molar-refractivity contribution in [2.24, 2.45) is 16.4 Å². The highest BCUT2D eigenvalue weighted by molar-refractivity contribution is 6.15. The summed E-state index contributed by atoms with van der Waals surface area (Å²) in [5.41, 5.74) is 6.60. The first-order valence-corrected chi connectivity index (χ1v) is 7.45. The molecule has 3 rings (SSSR count). The number of nitrogens with zero attached hydrogens (tertiary/aromatic N) is 1. The number of hydrazone groups is 1. The van der Waals surface area contributed by atoms with Crippen molar-refractivity contribution in [1.29, 1.82) is 0 Å². The molecular formula is C17H22N2O. The molecule has 0 amide bonds. The first kappa shape index (κ1) is 13.3. The highest BCUT2D eigenvalue weighted by Gasteiger charge is 2.46. The van der Waals surface area contributed by atoms with Crippen molar-refractivity contribution in [3.8, 4) is 0 Å². The molecule has 0 aromatic heterocycles. The predicted octanol–water partition coefficient (Wildman–Crippen LogP) is 2.93. The van der Waals surface area contributed by atoms with Crippen LogP contribution in [0.3, 0.4) is 0 Å². The van der Waals surface area contributed by atoms with Crippen LogP contribution in [-0.2, 0) is 11.2 Å². The molecule has 1 fully saturated rings. The van der Waals surface area contributed by atoms with Gasteiger partial charge in [-0.1, -0.05) is 45.0 Å². The fourth-order valence-corrected chi connectivity index (χ4v) is 3.43. The lowest BCUT2D eigenvalue weighted by Gasteiger charge is -2.36. The molecule has 1 aromatic rings. The lowest BCUT2D eigenvalue weighted by atomic mass is 9.68. The molecule has 1 aliphatic heterocycles. The van der Waals surface area contributed by atoms with Gasteiger partial charge in [0.15, 0.2) is 0 Å². The Morgan fingerprint density at radius 1 is 1.30 bits per heavy atom. The summed E-state index contributed by atoms with van der Waals surface area (Å²) < 4.78 is 0. The van der Waals surface area contributed by atoms with Crippen molar-refractivity contribution in [3.63, 3.8) is 0 Å². The third-order valence-corrected chi connectivity index (χ3v) is 4.48. The van der Waals surface area contributed by atoms with Crippen molar-refractivity contribution in [3.05, 3.63) is 35.4 Å². The van der Waals surface area contributed by atoms with Crippen molar-refractivity contribution < 1.29 is 4.79 Å². The molecule has 1 N–H and O–H groups in total. The maximum Gasteiger partial charge on any atom is 0.144 e. The molecule has 1 saturated carbocycles. The van der Waals surface area contributed by atoms with Crippen LogP contribution in [0, 0.1) is 11.3 Å². The molecule has 3 nitrogen and oxygen atoms in total. The van der Waals surface area contributed by atoms with Gasteiger partial charge in [0.05, 0.1) is 17.7 Å². The van der Waals surface area contributed by atoms with Crippen LogP contribution in [0.5, 0.6) is 0 Å². The van der Waals surface area contributed by atoms with Crippen LogP contribution in [0.1, 0.15) is 44.7 Å². The second kappa shape index (κ2) is 4.72. The quantitative estimate of drug-likeness (QED) is 0.897. The number of hydrogen-bond donors (Lipinski definition) is 1. The van der Waals surface area contributed by atoms with E-state index < -0.39 is 0 Å². The summed E-state index contributed by atoms with van der Waals surface area (Å²) in [5.74, 6) is 0.269. The van der Waals surface area contributed by atoms with Crippen LogP contribution in [0.2, 0.25) is 0 Å². The molecule has 0 unspecified atom stereocenters. The highest BCUT2D eigenvalue weighted by Crippen LogP contribution is 2.39. The Balaban J connectivity index is 1.87. The minimum Gasteiger partial charge on any atom is -0.306 e. The average molecular weight is 270 g/mol. The monoisotopic (exact) mass is 270 g/mol. The van der Waals surface area contributed by atoms with Crippen molar-refractivity contribution in [1.82, 2.24) is 5.43 Å². The maximum absolute atomic E-state index is 12.5. The van der Waals surface area contributed by atoms with Gasteiger partial charge in [0.25, 0.3) is 0 Å². The lowest BCUT2D eigenvalue weighted by Crippen LogP contribution is -2.45. The van der Waals surface area contributed by atoms with Gasteiger partial charge in [0, 0.05) is 6.42 Å². The Hall–Kier alpha value is -1.64. The number of ketones is 1. The molecule has 0 bridgehead atoms. The number of nitrogens with one attached hydrogen (secondary N) is 1. The van der Waals surface area contributed by atoms with Gasteiger partial charge < -0.3 is 5.43 Å². The summed E-state index contributed by atoms with van der Waals surface area (Å²) in [5, 5.41) is 4.47. The van der Waals surface area contributed by atoms with E-state index in [1.165, 1.54) is 5.56 Å². The third kappa shape index (κ3) is 2.26. The number of aryl methyl sites for hydroxylation is 1. The van der Waals surface area contributed by atoms with E-state index in [4.69, 9.17) is 0 Å². The topological polar surface area (TPSA) is 41.5 Å². The van der Waals surface area contributed by atoms with Crippen LogP contribution < -0.4 is 5.43 Å². The minimum atomic E-state index is -0.0597. The zero-order valence-electron chi connectivity index (χ0n) is 12.4. The van der Waals surface area contributed by atoms with E-state index in [0.717, 1.165) is 24.1 Å². The molecule has 0 saturated heterocycles. The Labute approximate surface area is 120 Å². The number of carbonyl (C=O) groups excluding carboxylic acids is 1. The smallest absolute Gasteiger partial charge is 0.144 e. The minimum absolute atomic E-state index is 0.0597. The Morgan fingerprint density at radius 3 is 2.65 bits per heavy atom. The van der Waals surface area contributed by atoms with Crippen LogP contribution in [0.4, 0.5) is 0 Å². The summed E-state index contributed by atoms with van der Waals surface area (Å²) in [7, 11) is 0. The summed E-state index contributed by atoms with van der Waals surface area (Å²) in [6.45, 7) is 6.47. The molecule has 2 aliphatic rings. The number of carbonyl (C=O) groups is 1. The highest BCUT2D eigenvalue weighted by atomic mass is 16.1. The lowest BCUT2D eigenvalue weighted by molar-refractivity contribution is -0.126. The van der Waals surface area contributed by atoms with E-state index in [1.54, 1.807) is 0 Å². The fraction of sp³-hybridized carbons (Fsp3) is 0.529. The molecule has 0 spiro atoms. The van der Waals surface area contributed by atoms with Gasteiger partial charge in [-0.2, -0.15) is 5.10 Å². The molecule has 106 valence electrons. The van der Waals surface area contributed by atoms with Gasteiger partial charge >= 0.3 is 0 Å². The maximum atomic E-state index is 12.5. The number of rotatable bonds is 2.